The summed E-state index contributed by atoms with van der Waals surface area (Å²) in [5.41, 5.74) is 1.65. The van der Waals surface area contributed by atoms with Crippen molar-refractivity contribution in [2.45, 2.75) is 0 Å². The van der Waals surface area contributed by atoms with Crippen molar-refractivity contribution >= 4 is 34.2 Å². The molecule has 0 spiro atoms. The van der Waals surface area contributed by atoms with Crippen molar-refractivity contribution in [3.63, 3.8) is 0 Å². The van der Waals surface area contributed by atoms with E-state index in [1.54, 1.807) is 30.3 Å². The van der Waals surface area contributed by atoms with Crippen LogP contribution in [0.25, 0.3) is 10.9 Å². The molecule has 23 heavy (non-hydrogen) atoms. The van der Waals surface area contributed by atoms with E-state index in [-0.39, 0.29) is 11.1 Å². The number of carboxylic acid groups (broad SMARTS) is 2. The van der Waals surface area contributed by atoms with E-state index < -0.39 is 11.9 Å². The maximum atomic E-state index is 11.5. The van der Waals surface area contributed by atoms with Crippen LogP contribution in [0.5, 0.6) is 0 Å². The minimum Gasteiger partial charge on any atom is -0.478 e. The van der Waals surface area contributed by atoms with Crippen molar-refractivity contribution in [3.8, 4) is 0 Å². The van der Waals surface area contributed by atoms with E-state index in [1.807, 2.05) is 6.07 Å². The van der Waals surface area contributed by atoms with Crippen LogP contribution in [-0.2, 0) is 0 Å². The molecule has 6 heteroatoms. The summed E-state index contributed by atoms with van der Waals surface area (Å²) >= 11 is 0. The second-order valence-electron chi connectivity index (χ2n) is 4.88. The van der Waals surface area contributed by atoms with E-state index in [0.717, 1.165) is 0 Å². The average molecular weight is 308 g/mol. The highest BCUT2D eigenvalue weighted by Crippen LogP contribution is 2.29. The molecule has 0 radical (unpaired) electrons. The molecule has 1 heterocycles. The van der Waals surface area contributed by atoms with Crippen LogP contribution in [0.2, 0.25) is 0 Å². The zero-order valence-corrected chi connectivity index (χ0v) is 11.9. The number of nitrogens with one attached hydrogen (secondary N) is 1. The Morgan fingerprint density at radius 2 is 1.74 bits per heavy atom. The number of anilines is 2. The molecule has 6 nitrogen and oxygen atoms in total. The molecular weight excluding hydrogens is 296 g/mol. The number of rotatable bonds is 4. The molecule has 0 atom stereocenters. The largest absolute Gasteiger partial charge is 0.478 e. The zero-order chi connectivity index (χ0) is 16.4. The molecule has 0 saturated heterocycles. The van der Waals surface area contributed by atoms with Gasteiger partial charge in [0.25, 0.3) is 0 Å². The first-order valence-electron chi connectivity index (χ1n) is 6.77. The molecule has 1 aromatic heterocycles. The Hall–Kier alpha value is -3.41. The second kappa shape index (κ2) is 5.76. The van der Waals surface area contributed by atoms with E-state index in [0.29, 0.717) is 22.3 Å². The minimum atomic E-state index is -1.11. The van der Waals surface area contributed by atoms with E-state index in [4.69, 9.17) is 5.11 Å². The second-order valence-corrected chi connectivity index (χ2v) is 4.88. The first-order valence-corrected chi connectivity index (χ1v) is 6.77. The lowest BCUT2D eigenvalue weighted by Crippen LogP contribution is -2.05. The summed E-state index contributed by atoms with van der Waals surface area (Å²) in [5.74, 6) is -2.16. The van der Waals surface area contributed by atoms with Crippen LogP contribution in [0.1, 0.15) is 20.7 Å². The zero-order valence-electron chi connectivity index (χ0n) is 11.9. The lowest BCUT2D eigenvalue weighted by atomic mass is 10.1. The third-order valence-corrected chi connectivity index (χ3v) is 3.38. The monoisotopic (exact) mass is 308 g/mol. The quantitative estimate of drug-likeness (QED) is 0.683. The lowest BCUT2D eigenvalue weighted by Gasteiger charge is -2.13. The third kappa shape index (κ3) is 2.82. The van der Waals surface area contributed by atoms with Gasteiger partial charge in [0.15, 0.2) is 0 Å². The van der Waals surface area contributed by atoms with Gasteiger partial charge < -0.3 is 15.5 Å². The molecule has 0 fully saturated rings. The number of benzene rings is 2. The van der Waals surface area contributed by atoms with E-state index in [2.05, 4.69) is 10.3 Å². The summed E-state index contributed by atoms with van der Waals surface area (Å²) < 4.78 is 0. The number of hydrogen-bond donors (Lipinski definition) is 3. The molecule has 0 aliphatic rings. The molecule has 0 saturated carbocycles. The highest BCUT2D eigenvalue weighted by molar-refractivity contribution is 6.05. The minimum absolute atomic E-state index is 0.0180. The van der Waals surface area contributed by atoms with Gasteiger partial charge in [-0.25, -0.2) is 9.59 Å². The van der Waals surface area contributed by atoms with Crippen LogP contribution in [0.4, 0.5) is 11.4 Å². The molecule has 0 aliphatic carbocycles. The molecule has 114 valence electrons. The summed E-state index contributed by atoms with van der Waals surface area (Å²) in [7, 11) is 0. The number of fused-ring (bicyclic) bond motifs is 1. The van der Waals surface area contributed by atoms with Gasteiger partial charge in [-0.15, -0.1) is 0 Å². The maximum Gasteiger partial charge on any atom is 0.339 e. The fourth-order valence-electron chi connectivity index (χ4n) is 2.31. The standard InChI is InChI=1S/C17H12N2O4/c20-16(21)10-4-3-5-11(8-10)19-15-12-6-1-2-7-14(12)18-9-13(15)17(22)23/h1-9H,(H,18,19)(H,20,21)(H,22,23). The summed E-state index contributed by atoms with van der Waals surface area (Å²) in [6.07, 6.45) is 1.29. The summed E-state index contributed by atoms with van der Waals surface area (Å²) in [5, 5.41) is 22.1. The van der Waals surface area contributed by atoms with Crippen molar-refractivity contribution in [1.82, 2.24) is 4.98 Å². The Kier molecular flexibility index (Phi) is 3.64. The van der Waals surface area contributed by atoms with Crippen molar-refractivity contribution in [2.24, 2.45) is 0 Å². The van der Waals surface area contributed by atoms with Crippen LogP contribution in [0.15, 0.2) is 54.7 Å². The molecule has 3 N–H and O–H groups in total. The topological polar surface area (TPSA) is 99.5 Å². The van der Waals surface area contributed by atoms with Gasteiger partial charge >= 0.3 is 11.9 Å². The van der Waals surface area contributed by atoms with Gasteiger partial charge in [0.05, 0.1) is 16.8 Å². The Labute approximate surface area is 131 Å². The van der Waals surface area contributed by atoms with Crippen LogP contribution in [0.3, 0.4) is 0 Å². The molecule has 2 aromatic carbocycles. The highest BCUT2D eigenvalue weighted by Gasteiger charge is 2.15. The number of aromatic carboxylic acids is 2. The summed E-state index contributed by atoms with van der Waals surface area (Å²) in [4.78, 5) is 26.7. The number of hydrogen-bond acceptors (Lipinski definition) is 4. The van der Waals surface area contributed by atoms with E-state index in [9.17, 15) is 14.7 Å². The maximum absolute atomic E-state index is 11.5. The number of carboxylic acids is 2. The number of aromatic nitrogens is 1. The van der Waals surface area contributed by atoms with Crippen molar-refractivity contribution in [1.29, 1.82) is 0 Å². The van der Waals surface area contributed by atoms with Gasteiger partial charge in [-0.2, -0.15) is 0 Å². The summed E-state index contributed by atoms with van der Waals surface area (Å²) in [6, 6.07) is 13.3. The fourth-order valence-corrected chi connectivity index (χ4v) is 2.31. The highest BCUT2D eigenvalue weighted by atomic mass is 16.4. The number of carbonyl (C=O) groups is 2. The van der Waals surface area contributed by atoms with Crippen molar-refractivity contribution in [2.75, 3.05) is 5.32 Å². The van der Waals surface area contributed by atoms with Gasteiger partial charge in [0, 0.05) is 17.3 Å². The van der Waals surface area contributed by atoms with Gasteiger partial charge in [0.2, 0.25) is 0 Å². The SMILES string of the molecule is O=C(O)c1cccc(Nc2c(C(=O)O)cnc3ccccc23)c1. The molecule has 0 unspecified atom stereocenters. The molecule has 3 aromatic rings. The van der Waals surface area contributed by atoms with E-state index in [1.165, 1.54) is 18.3 Å². The van der Waals surface area contributed by atoms with Crippen molar-refractivity contribution in [3.05, 3.63) is 65.9 Å². The Balaban J connectivity index is 2.15. The molecular formula is C17H12N2O4. The molecule has 0 bridgehead atoms. The average Bonchev–Trinajstić information content (AvgIpc) is 2.55. The van der Waals surface area contributed by atoms with Gasteiger partial charge in [-0.3, -0.25) is 4.98 Å². The first kappa shape index (κ1) is 14.5. The fraction of sp³-hybridized carbons (Fsp3) is 0. The Morgan fingerprint density at radius 1 is 0.957 bits per heavy atom. The van der Waals surface area contributed by atoms with Gasteiger partial charge in [0.1, 0.15) is 5.56 Å². The molecule has 0 aliphatic heterocycles. The lowest BCUT2D eigenvalue weighted by molar-refractivity contribution is 0.0686. The number of para-hydroxylation sites is 1. The smallest absolute Gasteiger partial charge is 0.339 e. The van der Waals surface area contributed by atoms with Crippen molar-refractivity contribution < 1.29 is 19.8 Å². The molecule has 3 rings (SSSR count). The summed E-state index contributed by atoms with van der Waals surface area (Å²) in [6.45, 7) is 0. The van der Waals surface area contributed by atoms with Gasteiger partial charge in [-0.1, -0.05) is 24.3 Å². The normalized spacial score (nSPS) is 10.4. The molecule has 0 amide bonds. The van der Waals surface area contributed by atoms with Crippen LogP contribution in [0, 0.1) is 0 Å². The van der Waals surface area contributed by atoms with Crippen LogP contribution >= 0.6 is 0 Å². The first-order chi connectivity index (χ1) is 11.1. The van der Waals surface area contributed by atoms with Crippen LogP contribution < -0.4 is 5.32 Å². The number of pyridine rings is 1. The third-order valence-electron chi connectivity index (χ3n) is 3.38. The predicted octanol–water partition coefficient (Wildman–Crippen LogP) is 3.37. The van der Waals surface area contributed by atoms with Crippen LogP contribution in [-0.4, -0.2) is 27.1 Å². The Morgan fingerprint density at radius 3 is 2.48 bits per heavy atom. The van der Waals surface area contributed by atoms with Gasteiger partial charge in [-0.05, 0) is 24.3 Å². The number of nitrogens with zero attached hydrogens (tertiary/aromatic N) is 1. The predicted molar refractivity (Wildman–Crippen MR) is 85.4 cm³/mol. The van der Waals surface area contributed by atoms with E-state index >= 15 is 0 Å². The Bertz CT molecular complexity index is 921.